The van der Waals surface area contributed by atoms with E-state index in [1.54, 1.807) is 13.8 Å². The van der Waals surface area contributed by atoms with Crippen LogP contribution in [0, 0.1) is 5.82 Å². The summed E-state index contributed by atoms with van der Waals surface area (Å²) in [7, 11) is 0. The average Bonchev–Trinajstić information content (AvgIpc) is 2.29. The first-order chi connectivity index (χ1) is 8.71. The number of hydrogen-bond donors (Lipinski definition) is 2. The van der Waals surface area contributed by atoms with Crippen LogP contribution in [0.5, 0.6) is 0 Å². The molecule has 1 aromatic heterocycles. The lowest BCUT2D eigenvalue weighted by atomic mass is 9.98. The molecule has 0 aromatic carbocycles. The highest BCUT2D eigenvalue weighted by Crippen LogP contribution is 2.17. The molecule has 0 atom stereocenters. The summed E-state index contributed by atoms with van der Waals surface area (Å²) in [4.78, 5) is 26.0. The highest BCUT2D eigenvalue weighted by molar-refractivity contribution is 6.32. The largest absolute Gasteiger partial charge is 0.481 e. The highest BCUT2D eigenvalue weighted by atomic mass is 35.5. The SMILES string of the molecule is CC(C)(CCC(=O)O)NC(=O)c1cc(F)cnc1Cl. The molecule has 0 bridgehead atoms. The van der Waals surface area contributed by atoms with Crippen molar-refractivity contribution in [2.45, 2.75) is 32.2 Å². The number of rotatable bonds is 5. The molecule has 0 saturated heterocycles. The molecular weight excluding hydrogens is 275 g/mol. The van der Waals surface area contributed by atoms with E-state index in [0.29, 0.717) is 0 Å². The van der Waals surface area contributed by atoms with E-state index < -0.39 is 23.2 Å². The lowest BCUT2D eigenvalue weighted by Crippen LogP contribution is -2.43. The third kappa shape index (κ3) is 4.82. The molecule has 2 N–H and O–H groups in total. The second-order valence-corrected chi connectivity index (χ2v) is 5.08. The Kier molecular flexibility index (Phi) is 4.83. The molecule has 0 aliphatic heterocycles. The summed E-state index contributed by atoms with van der Waals surface area (Å²) in [5.41, 5.74) is -0.824. The minimum Gasteiger partial charge on any atom is -0.481 e. The fourth-order valence-corrected chi connectivity index (χ4v) is 1.63. The second-order valence-electron chi connectivity index (χ2n) is 4.72. The zero-order valence-corrected chi connectivity index (χ0v) is 11.3. The van der Waals surface area contributed by atoms with Crippen LogP contribution in [0.2, 0.25) is 5.15 Å². The van der Waals surface area contributed by atoms with E-state index in [-0.39, 0.29) is 23.6 Å². The molecule has 7 heteroatoms. The van der Waals surface area contributed by atoms with E-state index in [4.69, 9.17) is 16.7 Å². The van der Waals surface area contributed by atoms with Crippen molar-refractivity contribution >= 4 is 23.5 Å². The van der Waals surface area contributed by atoms with Crippen molar-refractivity contribution in [3.8, 4) is 0 Å². The zero-order valence-electron chi connectivity index (χ0n) is 10.5. The zero-order chi connectivity index (χ0) is 14.6. The lowest BCUT2D eigenvalue weighted by molar-refractivity contribution is -0.137. The van der Waals surface area contributed by atoms with Gasteiger partial charge in [-0.2, -0.15) is 0 Å². The molecule has 1 amide bonds. The number of carboxylic acids is 1. The fraction of sp³-hybridized carbons (Fsp3) is 0.417. The standard InChI is InChI=1S/C12H14ClFN2O3/c1-12(2,4-3-9(17)18)16-11(19)8-5-7(14)6-15-10(8)13/h5-6H,3-4H2,1-2H3,(H,16,19)(H,17,18). The first-order valence-corrected chi connectivity index (χ1v) is 5.94. The summed E-state index contributed by atoms with van der Waals surface area (Å²) in [6, 6.07) is 0.984. The smallest absolute Gasteiger partial charge is 0.303 e. The van der Waals surface area contributed by atoms with E-state index in [9.17, 15) is 14.0 Å². The van der Waals surface area contributed by atoms with Crippen molar-refractivity contribution in [2.24, 2.45) is 0 Å². The van der Waals surface area contributed by atoms with Gasteiger partial charge in [-0.1, -0.05) is 11.6 Å². The lowest BCUT2D eigenvalue weighted by Gasteiger charge is -2.25. The van der Waals surface area contributed by atoms with Gasteiger partial charge < -0.3 is 10.4 Å². The van der Waals surface area contributed by atoms with Crippen LogP contribution in [0.1, 0.15) is 37.0 Å². The summed E-state index contributed by atoms with van der Waals surface area (Å²) in [6.07, 6.45) is 1.07. The fourth-order valence-electron chi connectivity index (χ4n) is 1.44. The number of nitrogens with one attached hydrogen (secondary N) is 1. The van der Waals surface area contributed by atoms with Gasteiger partial charge in [-0.05, 0) is 26.3 Å². The Balaban J connectivity index is 2.78. The van der Waals surface area contributed by atoms with Gasteiger partial charge in [-0.15, -0.1) is 0 Å². The minimum absolute atomic E-state index is 0.0786. The summed E-state index contributed by atoms with van der Waals surface area (Å²) >= 11 is 5.71. The normalized spacial score (nSPS) is 11.2. The molecule has 0 aliphatic carbocycles. The van der Waals surface area contributed by atoms with E-state index in [2.05, 4.69) is 10.3 Å². The first kappa shape index (κ1) is 15.4. The van der Waals surface area contributed by atoms with E-state index in [0.717, 1.165) is 12.3 Å². The maximum absolute atomic E-state index is 13.0. The van der Waals surface area contributed by atoms with E-state index in [1.165, 1.54) is 0 Å². The molecule has 1 aromatic rings. The van der Waals surface area contributed by atoms with Crippen LogP contribution in [0.25, 0.3) is 0 Å². The summed E-state index contributed by atoms with van der Waals surface area (Å²) in [5, 5.41) is 11.1. The molecule has 0 radical (unpaired) electrons. The van der Waals surface area contributed by atoms with Crippen molar-refractivity contribution in [3.05, 3.63) is 28.8 Å². The van der Waals surface area contributed by atoms with E-state index >= 15 is 0 Å². The summed E-state index contributed by atoms with van der Waals surface area (Å²) < 4.78 is 13.0. The van der Waals surface area contributed by atoms with Crippen LogP contribution in [0.15, 0.2) is 12.3 Å². The molecule has 0 fully saturated rings. The molecule has 1 rings (SSSR count). The van der Waals surface area contributed by atoms with Crippen LogP contribution in [0.3, 0.4) is 0 Å². The van der Waals surface area contributed by atoms with Gasteiger partial charge in [-0.25, -0.2) is 9.37 Å². The number of aromatic nitrogens is 1. The molecule has 0 aliphatic rings. The molecule has 0 spiro atoms. The quantitative estimate of drug-likeness (QED) is 0.815. The molecule has 5 nitrogen and oxygen atoms in total. The minimum atomic E-state index is -0.951. The third-order valence-corrected chi connectivity index (χ3v) is 2.77. The average molecular weight is 289 g/mol. The van der Waals surface area contributed by atoms with Crippen molar-refractivity contribution < 1.29 is 19.1 Å². The number of carboxylic acid groups (broad SMARTS) is 1. The van der Waals surface area contributed by atoms with Crippen LogP contribution in [-0.2, 0) is 4.79 Å². The van der Waals surface area contributed by atoms with Crippen LogP contribution in [-0.4, -0.2) is 27.5 Å². The molecule has 0 saturated carbocycles. The maximum Gasteiger partial charge on any atom is 0.303 e. The van der Waals surface area contributed by atoms with Crippen molar-refractivity contribution in [1.82, 2.24) is 10.3 Å². The Morgan fingerprint density at radius 1 is 1.53 bits per heavy atom. The number of carbonyl (C=O) groups is 2. The topological polar surface area (TPSA) is 79.3 Å². The van der Waals surface area contributed by atoms with E-state index in [1.807, 2.05) is 0 Å². The van der Waals surface area contributed by atoms with Gasteiger partial charge in [0, 0.05) is 12.0 Å². The summed E-state index contributed by atoms with van der Waals surface area (Å²) in [5.74, 6) is -2.21. The first-order valence-electron chi connectivity index (χ1n) is 5.56. The van der Waals surface area contributed by atoms with Crippen LogP contribution < -0.4 is 5.32 Å². The third-order valence-electron chi connectivity index (χ3n) is 2.47. The maximum atomic E-state index is 13.0. The van der Waals surface area contributed by atoms with Crippen molar-refractivity contribution in [3.63, 3.8) is 0 Å². The van der Waals surface area contributed by atoms with Crippen molar-refractivity contribution in [2.75, 3.05) is 0 Å². The number of nitrogens with zero attached hydrogens (tertiary/aromatic N) is 1. The van der Waals surface area contributed by atoms with Crippen LogP contribution >= 0.6 is 11.6 Å². The van der Waals surface area contributed by atoms with Gasteiger partial charge in [0.1, 0.15) is 11.0 Å². The van der Waals surface area contributed by atoms with Gasteiger partial charge in [0.15, 0.2) is 0 Å². The molecule has 0 unspecified atom stereocenters. The van der Waals surface area contributed by atoms with Gasteiger partial charge >= 0.3 is 5.97 Å². The Bertz CT molecular complexity index is 506. The molecular formula is C12H14ClFN2O3. The Morgan fingerprint density at radius 3 is 2.74 bits per heavy atom. The Labute approximate surface area is 114 Å². The number of amides is 1. The second kappa shape index (κ2) is 5.97. The molecule has 19 heavy (non-hydrogen) atoms. The number of hydrogen-bond acceptors (Lipinski definition) is 3. The number of halogens is 2. The molecule has 104 valence electrons. The Hall–Kier alpha value is -1.69. The van der Waals surface area contributed by atoms with Gasteiger partial charge in [0.05, 0.1) is 11.8 Å². The number of pyridine rings is 1. The predicted octanol–water partition coefficient (Wildman–Crippen LogP) is 2.25. The number of carbonyl (C=O) groups excluding carboxylic acids is 1. The van der Waals surface area contributed by atoms with Gasteiger partial charge in [-0.3, -0.25) is 9.59 Å². The highest BCUT2D eigenvalue weighted by Gasteiger charge is 2.23. The van der Waals surface area contributed by atoms with Crippen molar-refractivity contribution in [1.29, 1.82) is 0 Å². The monoisotopic (exact) mass is 288 g/mol. The van der Waals surface area contributed by atoms with Gasteiger partial charge in [0.25, 0.3) is 5.91 Å². The summed E-state index contributed by atoms with van der Waals surface area (Å²) in [6.45, 7) is 3.35. The predicted molar refractivity (Wildman–Crippen MR) is 67.6 cm³/mol. The molecule has 1 heterocycles. The van der Waals surface area contributed by atoms with Gasteiger partial charge in [0.2, 0.25) is 0 Å². The van der Waals surface area contributed by atoms with Crippen LogP contribution in [0.4, 0.5) is 4.39 Å². The number of aliphatic carboxylic acids is 1. The Morgan fingerprint density at radius 2 is 2.16 bits per heavy atom.